The summed E-state index contributed by atoms with van der Waals surface area (Å²) in [5.41, 5.74) is 2.45. The van der Waals surface area contributed by atoms with Gasteiger partial charge >= 0.3 is 0 Å². The molecule has 2 aromatic rings. The summed E-state index contributed by atoms with van der Waals surface area (Å²) < 4.78 is 18.8. The van der Waals surface area contributed by atoms with Crippen LogP contribution in [0.25, 0.3) is 0 Å². The molecule has 1 atom stereocenters. The zero-order valence-electron chi connectivity index (χ0n) is 12.1. The number of benzene rings is 2. The van der Waals surface area contributed by atoms with Gasteiger partial charge in [0.25, 0.3) is 0 Å². The van der Waals surface area contributed by atoms with Crippen molar-refractivity contribution in [1.82, 2.24) is 0 Å². The van der Waals surface area contributed by atoms with Crippen LogP contribution in [-0.4, -0.2) is 6.61 Å². The maximum absolute atomic E-state index is 13.6. The van der Waals surface area contributed by atoms with Crippen LogP contribution in [0.15, 0.2) is 42.5 Å². The first-order valence-electron chi connectivity index (χ1n) is 6.72. The fourth-order valence-electron chi connectivity index (χ4n) is 1.97. The Labute approximate surface area is 124 Å². The van der Waals surface area contributed by atoms with Gasteiger partial charge in [0.1, 0.15) is 17.6 Å². The lowest BCUT2D eigenvalue weighted by atomic mass is 10.1. The van der Waals surface area contributed by atoms with Crippen molar-refractivity contribution in [3.05, 3.63) is 59.4 Å². The van der Waals surface area contributed by atoms with E-state index < -0.39 is 0 Å². The minimum Gasteiger partial charge on any atom is -0.479 e. The number of aryl methyl sites for hydroxylation is 1. The number of halogens is 1. The van der Waals surface area contributed by atoms with Crippen LogP contribution in [0, 0.1) is 24.1 Å². The molecular weight excluding hydrogens is 267 g/mol. The number of hydrogen-bond donors (Lipinski definition) is 1. The van der Waals surface area contributed by atoms with Crippen molar-refractivity contribution >= 4 is 5.69 Å². The Morgan fingerprint density at radius 1 is 1.24 bits per heavy atom. The third kappa shape index (κ3) is 3.96. The molecular formula is C17H17FN2O. The summed E-state index contributed by atoms with van der Waals surface area (Å²) in [7, 11) is 0. The first-order valence-corrected chi connectivity index (χ1v) is 6.72. The Hall–Kier alpha value is -2.54. The molecule has 2 aromatic carbocycles. The first kappa shape index (κ1) is 14.9. The highest BCUT2D eigenvalue weighted by Crippen LogP contribution is 2.22. The third-order valence-corrected chi connectivity index (χ3v) is 3.24. The molecule has 0 saturated heterocycles. The average Bonchev–Trinajstić information content (AvgIpc) is 2.49. The molecule has 0 aromatic heterocycles. The second kappa shape index (κ2) is 6.76. The third-order valence-electron chi connectivity index (χ3n) is 3.24. The van der Waals surface area contributed by atoms with E-state index in [2.05, 4.69) is 5.32 Å². The van der Waals surface area contributed by atoms with Gasteiger partial charge in [-0.25, -0.2) is 4.39 Å². The monoisotopic (exact) mass is 284 g/mol. The topological polar surface area (TPSA) is 45.0 Å². The number of rotatable bonds is 5. The number of nitrogens with zero attached hydrogens (tertiary/aromatic N) is 1. The van der Waals surface area contributed by atoms with Gasteiger partial charge in [-0.3, -0.25) is 0 Å². The molecule has 2 rings (SSSR count). The molecule has 0 spiro atoms. The normalized spacial score (nSPS) is 11.5. The molecule has 0 amide bonds. The van der Waals surface area contributed by atoms with Gasteiger partial charge in [0.05, 0.1) is 0 Å². The molecule has 1 unspecified atom stereocenters. The number of anilines is 1. The van der Waals surface area contributed by atoms with E-state index in [9.17, 15) is 4.39 Å². The molecule has 0 aliphatic heterocycles. The van der Waals surface area contributed by atoms with Gasteiger partial charge in [-0.1, -0.05) is 12.1 Å². The first-order chi connectivity index (χ1) is 10.1. The summed E-state index contributed by atoms with van der Waals surface area (Å²) in [4.78, 5) is 0. The lowest BCUT2D eigenvalue weighted by Gasteiger charge is -2.16. The Morgan fingerprint density at radius 3 is 2.57 bits per heavy atom. The van der Waals surface area contributed by atoms with E-state index in [4.69, 9.17) is 10.00 Å². The van der Waals surface area contributed by atoms with E-state index in [1.807, 2.05) is 31.2 Å². The molecule has 1 N–H and O–H groups in total. The van der Waals surface area contributed by atoms with Crippen LogP contribution in [0.1, 0.15) is 24.1 Å². The maximum Gasteiger partial charge on any atom is 0.174 e. The number of nitriles is 1. The lowest BCUT2D eigenvalue weighted by molar-refractivity contribution is 0.368. The highest BCUT2D eigenvalue weighted by atomic mass is 19.1. The highest BCUT2D eigenvalue weighted by molar-refractivity contribution is 5.48. The summed E-state index contributed by atoms with van der Waals surface area (Å²) in [5, 5.41) is 11.8. The number of nitrogens with one attached hydrogen (secondary N) is 1. The van der Waals surface area contributed by atoms with Crippen LogP contribution in [0.3, 0.4) is 0 Å². The largest absolute Gasteiger partial charge is 0.479 e. The quantitative estimate of drug-likeness (QED) is 0.894. The van der Waals surface area contributed by atoms with Crippen molar-refractivity contribution in [3.8, 4) is 11.8 Å². The molecule has 0 aliphatic rings. The molecule has 0 bridgehead atoms. The summed E-state index contributed by atoms with van der Waals surface area (Å²) in [5.74, 6) is 0.456. The van der Waals surface area contributed by atoms with E-state index >= 15 is 0 Å². The predicted molar refractivity (Wildman–Crippen MR) is 80.7 cm³/mol. The zero-order valence-corrected chi connectivity index (χ0v) is 12.1. The molecule has 0 aliphatic carbocycles. The fourth-order valence-corrected chi connectivity index (χ4v) is 1.97. The summed E-state index contributed by atoms with van der Waals surface area (Å²) in [6, 6.07) is 14.5. The predicted octanol–water partition coefficient (Wildman–Crippen LogP) is 4.21. The second-order valence-corrected chi connectivity index (χ2v) is 4.85. The van der Waals surface area contributed by atoms with Crippen molar-refractivity contribution in [2.24, 2.45) is 0 Å². The smallest absolute Gasteiger partial charge is 0.174 e. The lowest BCUT2D eigenvalue weighted by Crippen LogP contribution is -2.07. The Morgan fingerprint density at radius 2 is 1.95 bits per heavy atom. The van der Waals surface area contributed by atoms with E-state index in [-0.39, 0.29) is 18.5 Å². The van der Waals surface area contributed by atoms with E-state index in [0.29, 0.717) is 11.3 Å². The molecule has 0 heterocycles. The maximum atomic E-state index is 13.6. The zero-order chi connectivity index (χ0) is 15.2. The van der Waals surface area contributed by atoms with E-state index in [0.717, 1.165) is 11.3 Å². The molecule has 21 heavy (non-hydrogen) atoms. The van der Waals surface area contributed by atoms with Crippen LogP contribution in [0.4, 0.5) is 10.1 Å². The summed E-state index contributed by atoms with van der Waals surface area (Å²) in [6.45, 7) is 3.76. The minimum atomic E-state index is -0.193. The molecule has 0 saturated carbocycles. The molecule has 4 heteroatoms. The highest BCUT2D eigenvalue weighted by Gasteiger charge is 2.07. The second-order valence-electron chi connectivity index (χ2n) is 4.85. The Bertz CT molecular complexity index is 647. The molecule has 0 fully saturated rings. The Kier molecular flexibility index (Phi) is 4.78. The number of ether oxygens (including phenoxy) is 1. The van der Waals surface area contributed by atoms with Gasteiger partial charge in [-0.2, -0.15) is 5.26 Å². The van der Waals surface area contributed by atoms with E-state index in [1.165, 1.54) is 0 Å². The van der Waals surface area contributed by atoms with Gasteiger partial charge < -0.3 is 10.1 Å². The van der Waals surface area contributed by atoms with Crippen molar-refractivity contribution in [3.63, 3.8) is 0 Å². The molecule has 0 radical (unpaired) electrons. The van der Waals surface area contributed by atoms with Crippen LogP contribution in [0.5, 0.6) is 5.75 Å². The van der Waals surface area contributed by atoms with Gasteiger partial charge in [0.15, 0.2) is 6.61 Å². The fraction of sp³-hybridized carbons (Fsp3) is 0.235. The van der Waals surface area contributed by atoms with Crippen LogP contribution in [0.2, 0.25) is 0 Å². The number of hydrogen-bond acceptors (Lipinski definition) is 3. The summed E-state index contributed by atoms with van der Waals surface area (Å²) >= 11 is 0. The standard InChI is InChI=1S/C17H17FN2O/c1-12-3-4-14(11-17(12)18)13(2)20-15-5-7-16(8-6-15)21-10-9-19/h3-8,11,13,20H,10H2,1-2H3. The van der Waals surface area contributed by atoms with Crippen molar-refractivity contribution < 1.29 is 9.13 Å². The Balaban J connectivity index is 2.03. The molecule has 108 valence electrons. The van der Waals surface area contributed by atoms with Crippen molar-refractivity contribution in [1.29, 1.82) is 5.26 Å². The van der Waals surface area contributed by atoms with Gasteiger partial charge in [0.2, 0.25) is 0 Å². The minimum absolute atomic E-state index is 0.00835. The van der Waals surface area contributed by atoms with Gasteiger partial charge in [0, 0.05) is 11.7 Å². The van der Waals surface area contributed by atoms with Gasteiger partial charge in [-0.05, 0) is 55.3 Å². The van der Waals surface area contributed by atoms with E-state index in [1.54, 1.807) is 31.2 Å². The van der Waals surface area contributed by atoms with Crippen LogP contribution >= 0.6 is 0 Å². The summed E-state index contributed by atoms with van der Waals surface area (Å²) in [6.07, 6.45) is 0. The van der Waals surface area contributed by atoms with Crippen LogP contribution in [-0.2, 0) is 0 Å². The molecule has 3 nitrogen and oxygen atoms in total. The SMILES string of the molecule is Cc1ccc(C(C)Nc2ccc(OCC#N)cc2)cc1F. The van der Waals surface area contributed by atoms with Crippen molar-refractivity contribution in [2.45, 2.75) is 19.9 Å². The van der Waals surface area contributed by atoms with Gasteiger partial charge in [-0.15, -0.1) is 0 Å². The van der Waals surface area contributed by atoms with Crippen LogP contribution < -0.4 is 10.1 Å². The average molecular weight is 284 g/mol. The van der Waals surface area contributed by atoms with Crippen molar-refractivity contribution in [2.75, 3.05) is 11.9 Å².